The summed E-state index contributed by atoms with van der Waals surface area (Å²) in [5, 5.41) is 11.3. The average Bonchev–Trinajstić information content (AvgIpc) is 2.70. The van der Waals surface area contributed by atoms with Crippen LogP contribution in [0.4, 0.5) is 4.39 Å². The monoisotopic (exact) mass is 390 g/mol. The lowest BCUT2D eigenvalue weighted by molar-refractivity contribution is 0.564. The van der Waals surface area contributed by atoms with Crippen molar-refractivity contribution in [3.8, 4) is 0 Å². The largest absolute Gasteiger partial charge is 0.305 e. The van der Waals surface area contributed by atoms with E-state index in [2.05, 4.69) is 47.5 Å². The lowest BCUT2D eigenvalue weighted by Gasteiger charge is -2.19. The van der Waals surface area contributed by atoms with Gasteiger partial charge in [0.1, 0.15) is 5.82 Å². The van der Waals surface area contributed by atoms with Crippen LogP contribution in [0.2, 0.25) is 0 Å². The topological polar surface area (TPSA) is 42.7 Å². The molecule has 0 saturated carbocycles. The molecule has 1 aromatic heterocycles. The van der Waals surface area contributed by atoms with Gasteiger partial charge in [0.15, 0.2) is 4.60 Å². The Bertz CT molecular complexity index is 566. The van der Waals surface area contributed by atoms with Gasteiger partial charge in [-0.25, -0.2) is 9.07 Å². The van der Waals surface area contributed by atoms with Crippen molar-refractivity contribution in [2.75, 3.05) is 6.54 Å². The zero-order chi connectivity index (χ0) is 14.0. The van der Waals surface area contributed by atoms with E-state index >= 15 is 0 Å². The van der Waals surface area contributed by atoms with E-state index in [1.54, 1.807) is 16.8 Å². The molecule has 0 fully saturated rings. The van der Waals surface area contributed by atoms with Gasteiger partial charge in [0.25, 0.3) is 0 Å². The van der Waals surface area contributed by atoms with E-state index in [0.29, 0.717) is 9.08 Å². The Morgan fingerprint density at radius 2 is 2.16 bits per heavy atom. The Morgan fingerprint density at radius 3 is 2.68 bits per heavy atom. The van der Waals surface area contributed by atoms with Crippen LogP contribution in [0.3, 0.4) is 0 Å². The molecular weight excluding hydrogens is 379 g/mol. The maximum atomic E-state index is 13.3. The molecule has 0 aliphatic carbocycles. The quantitative estimate of drug-likeness (QED) is 0.870. The fourth-order valence-electron chi connectivity index (χ4n) is 1.91. The molecule has 1 aromatic carbocycles. The maximum Gasteiger partial charge on any atom is 0.153 e. The van der Waals surface area contributed by atoms with Gasteiger partial charge >= 0.3 is 0 Å². The SMILES string of the molecule is CCNC(c1ccc(F)c(Br)c1)c1c(Br)nnn1C. The molecule has 0 spiro atoms. The molecule has 1 unspecified atom stereocenters. The molecule has 1 heterocycles. The summed E-state index contributed by atoms with van der Waals surface area (Å²) in [7, 11) is 1.83. The van der Waals surface area contributed by atoms with Crippen LogP contribution in [-0.4, -0.2) is 21.5 Å². The zero-order valence-corrected chi connectivity index (χ0v) is 13.7. The summed E-state index contributed by atoms with van der Waals surface area (Å²) in [5.41, 5.74) is 1.85. The van der Waals surface area contributed by atoms with Gasteiger partial charge in [0, 0.05) is 7.05 Å². The van der Waals surface area contributed by atoms with Crippen LogP contribution in [0.5, 0.6) is 0 Å². The first-order valence-electron chi connectivity index (χ1n) is 5.78. The van der Waals surface area contributed by atoms with Gasteiger partial charge in [-0.15, -0.1) is 5.10 Å². The normalized spacial score (nSPS) is 12.7. The van der Waals surface area contributed by atoms with Crippen molar-refractivity contribution >= 4 is 31.9 Å². The number of aryl methyl sites for hydroxylation is 1. The summed E-state index contributed by atoms with van der Waals surface area (Å²) in [6.45, 7) is 2.79. The first-order valence-corrected chi connectivity index (χ1v) is 7.36. The molecule has 0 aliphatic heterocycles. The second-order valence-electron chi connectivity index (χ2n) is 4.05. The molecule has 0 amide bonds. The van der Waals surface area contributed by atoms with E-state index in [1.165, 1.54) is 6.07 Å². The Kier molecular flexibility index (Phi) is 4.70. The van der Waals surface area contributed by atoms with E-state index in [-0.39, 0.29) is 11.9 Å². The van der Waals surface area contributed by atoms with Crippen molar-refractivity contribution in [3.05, 3.63) is 44.3 Å². The number of nitrogens with zero attached hydrogens (tertiary/aromatic N) is 3. The molecule has 1 atom stereocenters. The van der Waals surface area contributed by atoms with Crippen LogP contribution in [0.15, 0.2) is 27.3 Å². The summed E-state index contributed by atoms with van der Waals surface area (Å²) in [6.07, 6.45) is 0. The number of hydrogen-bond donors (Lipinski definition) is 1. The minimum Gasteiger partial charge on any atom is -0.305 e. The number of nitrogens with one attached hydrogen (secondary N) is 1. The van der Waals surface area contributed by atoms with Gasteiger partial charge in [0.2, 0.25) is 0 Å². The highest BCUT2D eigenvalue weighted by molar-refractivity contribution is 9.10. The van der Waals surface area contributed by atoms with Crippen molar-refractivity contribution in [2.45, 2.75) is 13.0 Å². The standard InChI is InChI=1S/C12H13Br2FN4/c1-3-16-10(11-12(14)17-18-19(11)2)7-4-5-9(15)8(13)6-7/h4-6,10,16H,3H2,1-2H3. The second-order valence-corrected chi connectivity index (χ2v) is 5.66. The van der Waals surface area contributed by atoms with Crippen molar-refractivity contribution in [1.82, 2.24) is 20.3 Å². The molecular formula is C12H13Br2FN4. The van der Waals surface area contributed by atoms with Gasteiger partial charge in [-0.2, -0.15) is 0 Å². The fourth-order valence-corrected chi connectivity index (χ4v) is 2.87. The van der Waals surface area contributed by atoms with E-state index in [1.807, 2.05) is 14.0 Å². The number of aromatic nitrogens is 3. The Balaban J connectivity index is 2.48. The smallest absolute Gasteiger partial charge is 0.153 e. The van der Waals surface area contributed by atoms with Gasteiger partial charge in [-0.05, 0) is 56.1 Å². The molecule has 0 bridgehead atoms. The maximum absolute atomic E-state index is 13.3. The van der Waals surface area contributed by atoms with Crippen molar-refractivity contribution in [2.24, 2.45) is 7.05 Å². The van der Waals surface area contributed by atoms with Gasteiger partial charge in [-0.1, -0.05) is 18.2 Å². The van der Waals surface area contributed by atoms with Gasteiger partial charge < -0.3 is 5.32 Å². The second kappa shape index (κ2) is 6.11. The molecule has 0 saturated heterocycles. The minimum absolute atomic E-state index is 0.101. The van der Waals surface area contributed by atoms with Gasteiger partial charge in [-0.3, -0.25) is 0 Å². The fraction of sp³-hybridized carbons (Fsp3) is 0.333. The molecule has 4 nitrogen and oxygen atoms in total. The minimum atomic E-state index is -0.277. The summed E-state index contributed by atoms with van der Waals surface area (Å²) in [5.74, 6) is -0.277. The third-order valence-corrected chi connectivity index (χ3v) is 3.96. The first-order chi connectivity index (χ1) is 9.04. The third kappa shape index (κ3) is 3.04. The predicted molar refractivity (Wildman–Crippen MR) is 78.3 cm³/mol. The van der Waals surface area contributed by atoms with Gasteiger partial charge in [0.05, 0.1) is 16.2 Å². The number of rotatable bonds is 4. The number of hydrogen-bond acceptors (Lipinski definition) is 3. The number of halogens is 3. The summed E-state index contributed by atoms with van der Waals surface area (Å²) in [6, 6.07) is 4.87. The highest BCUT2D eigenvalue weighted by atomic mass is 79.9. The lowest BCUT2D eigenvalue weighted by atomic mass is 10.0. The average molecular weight is 392 g/mol. The first kappa shape index (κ1) is 14.6. The van der Waals surface area contributed by atoms with E-state index < -0.39 is 0 Å². The molecule has 19 heavy (non-hydrogen) atoms. The summed E-state index contributed by atoms with van der Waals surface area (Å²) in [4.78, 5) is 0. The molecule has 0 radical (unpaired) electrons. The highest BCUT2D eigenvalue weighted by Gasteiger charge is 2.21. The van der Waals surface area contributed by atoms with Crippen molar-refractivity contribution < 1.29 is 4.39 Å². The Morgan fingerprint density at radius 1 is 1.42 bits per heavy atom. The summed E-state index contributed by atoms with van der Waals surface area (Å²) < 4.78 is 16.2. The Labute approximate surface area is 127 Å². The molecule has 0 aliphatic rings. The summed E-state index contributed by atoms with van der Waals surface area (Å²) >= 11 is 6.61. The van der Waals surface area contributed by atoms with Crippen LogP contribution < -0.4 is 5.32 Å². The zero-order valence-electron chi connectivity index (χ0n) is 10.5. The third-order valence-electron chi connectivity index (χ3n) is 2.79. The van der Waals surface area contributed by atoms with E-state index in [4.69, 9.17) is 0 Å². The van der Waals surface area contributed by atoms with Crippen molar-refractivity contribution in [3.63, 3.8) is 0 Å². The molecule has 2 rings (SSSR count). The predicted octanol–water partition coefficient (Wildman–Crippen LogP) is 3.18. The lowest BCUT2D eigenvalue weighted by Crippen LogP contribution is -2.24. The highest BCUT2D eigenvalue weighted by Crippen LogP contribution is 2.29. The van der Waals surface area contributed by atoms with Crippen molar-refractivity contribution in [1.29, 1.82) is 0 Å². The van der Waals surface area contributed by atoms with Crippen LogP contribution in [-0.2, 0) is 7.05 Å². The Hall–Kier alpha value is -0.790. The van der Waals surface area contributed by atoms with Crippen LogP contribution in [0.1, 0.15) is 24.2 Å². The molecule has 7 heteroatoms. The van der Waals surface area contributed by atoms with Crippen LogP contribution >= 0.6 is 31.9 Å². The molecule has 1 N–H and O–H groups in total. The van der Waals surface area contributed by atoms with Crippen LogP contribution in [0, 0.1) is 5.82 Å². The van der Waals surface area contributed by atoms with Crippen LogP contribution in [0.25, 0.3) is 0 Å². The molecule has 102 valence electrons. The van der Waals surface area contributed by atoms with E-state index in [0.717, 1.165) is 17.8 Å². The van der Waals surface area contributed by atoms with E-state index in [9.17, 15) is 4.39 Å². The number of benzene rings is 1. The molecule has 2 aromatic rings.